The zero-order valence-electron chi connectivity index (χ0n) is 38.0. The standard InChI is InChI=1S/C46H51Cl2IN12O6/c1-26-22-60(13-11-56(26)3)46-53-35(40(48)42(55-46)52-31-8-10-37-29(16-31)17-38(43(64)58(37)5)66-24-27(2)62)19-33(63)25-67-39-18-28-15-30(7-9-36(28)59(6)44(39)65)51-41-34(47)21-50-45(54-41)61-14-12-57(4)32(20-49)23-61/h7-10,15-18,21,26,32H,11-14,19-20,22-25H2,1-6H3,(H,50,51,54)(H,52,53,55). The van der Waals surface area contributed by atoms with Crippen molar-refractivity contribution in [2.24, 2.45) is 14.1 Å². The highest BCUT2D eigenvalue weighted by molar-refractivity contribution is 14.1. The Kier molecular flexibility index (Phi) is 14.5. The fourth-order valence-electron chi connectivity index (χ4n) is 8.06. The molecule has 0 bridgehead atoms. The van der Waals surface area contributed by atoms with Crippen molar-refractivity contribution < 1.29 is 19.1 Å². The lowest BCUT2D eigenvalue weighted by molar-refractivity contribution is -0.120. The van der Waals surface area contributed by atoms with Gasteiger partial charge >= 0.3 is 0 Å². The monoisotopic (exact) mass is 1060 g/mol. The van der Waals surface area contributed by atoms with Crippen LogP contribution in [0, 0.1) is 0 Å². The molecule has 2 unspecified atom stereocenters. The number of Topliss-reactive ketones (excluding diaryl/α,β-unsaturated/α-hetero) is 2. The Morgan fingerprint density at radius 2 is 1.31 bits per heavy atom. The number of carbonyl (C=O) groups is 2. The Balaban J connectivity index is 1.02. The van der Waals surface area contributed by atoms with Crippen LogP contribution in [-0.2, 0) is 30.1 Å². The number of rotatable bonds is 15. The topological polar surface area (TPSA) is 185 Å². The van der Waals surface area contributed by atoms with Crippen molar-refractivity contribution in [3.05, 3.63) is 91.2 Å². The summed E-state index contributed by atoms with van der Waals surface area (Å²) in [4.78, 5) is 79.6. The molecule has 0 aliphatic carbocycles. The van der Waals surface area contributed by atoms with Gasteiger partial charge in [0, 0.05) is 92.0 Å². The number of aromatic nitrogens is 6. The first-order valence-electron chi connectivity index (χ1n) is 21.7. The van der Waals surface area contributed by atoms with Gasteiger partial charge in [0.15, 0.2) is 34.7 Å². The molecule has 0 saturated carbocycles. The van der Waals surface area contributed by atoms with E-state index in [4.69, 9.17) is 47.6 Å². The molecule has 2 aliphatic rings. The summed E-state index contributed by atoms with van der Waals surface area (Å²) in [5, 5.41) is 8.47. The van der Waals surface area contributed by atoms with E-state index in [0.717, 1.165) is 30.6 Å². The maximum absolute atomic E-state index is 13.8. The molecule has 2 fully saturated rings. The van der Waals surface area contributed by atoms with Gasteiger partial charge in [-0.2, -0.15) is 9.97 Å². The lowest BCUT2D eigenvalue weighted by Gasteiger charge is -2.38. The number of anilines is 6. The molecule has 2 aromatic carbocycles. The number of ether oxygens (including phenoxy) is 2. The van der Waals surface area contributed by atoms with Gasteiger partial charge in [-0.1, -0.05) is 45.8 Å². The molecule has 2 atom stereocenters. The van der Waals surface area contributed by atoms with E-state index in [-0.39, 0.29) is 64.2 Å². The van der Waals surface area contributed by atoms with Crippen molar-refractivity contribution in [2.45, 2.75) is 32.4 Å². The predicted molar refractivity (Wildman–Crippen MR) is 271 cm³/mol. The van der Waals surface area contributed by atoms with Crippen molar-refractivity contribution in [2.75, 3.05) is 91.4 Å². The second-order valence-electron chi connectivity index (χ2n) is 17.0. The van der Waals surface area contributed by atoms with Crippen molar-refractivity contribution in [3.8, 4) is 11.5 Å². The van der Waals surface area contributed by atoms with Crippen LogP contribution in [-0.4, -0.2) is 134 Å². The molecule has 0 amide bonds. The van der Waals surface area contributed by atoms with Crippen molar-refractivity contribution in [1.82, 2.24) is 38.9 Å². The minimum Gasteiger partial charge on any atom is -0.480 e. The van der Waals surface area contributed by atoms with E-state index in [1.165, 1.54) is 16.1 Å². The molecule has 2 saturated heterocycles. The largest absolute Gasteiger partial charge is 0.480 e. The summed E-state index contributed by atoms with van der Waals surface area (Å²) in [6.45, 7) is 7.42. The van der Waals surface area contributed by atoms with E-state index in [2.05, 4.69) is 78.8 Å². The third-order valence-electron chi connectivity index (χ3n) is 12.2. The van der Waals surface area contributed by atoms with Gasteiger partial charge in [-0.3, -0.25) is 24.1 Å². The number of pyridine rings is 2. The van der Waals surface area contributed by atoms with E-state index in [0.29, 0.717) is 75.0 Å². The number of alkyl halides is 1. The summed E-state index contributed by atoms with van der Waals surface area (Å²) < 4.78 is 15.4. The van der Waals surface area contributed by atoms with E-state index in [9.17, 15) is 19.2 Å². The van der Waals surface area contributed by atoms with Crippen LogP contribution in [0.3, 0.4) is 0 Å². The first kappa shape index (κ1) is 47.9. The van der Waals surface area contributed by atoms with Crippen LogP contribution in [0.4, 0.5) is 34.9 Å². The molecule has 67 heavy (non-hydrogen) atoms. The molecule has 18 nitrogen and oxygen atoms in total. The number of halogens is 3. The van der Waals surface area contributed by atoms with Crippen molar-refractivity contribution in [3.63, 3.8) is 0 Å². The molecular formula is C46H51Cl2IN12O6. The molecule has 0 spiro atoms. The number of piperazine rings is 2. The molecule has 6 heterocycles. The van der Waals surface area contributed by atoms with Gasteiger partial charge in [0.05, 0.1) is 29.3 Å². The minimum absolute atomic E-state index is 0.00496. The Morgan fingerprint density at radius 1 is 0.746 bits per heavy atom. The third-order valence-corrected chi connectivity index (χ3v) is 13.9. The number of likely N-dealkylation sites (N-methyl/N-ethyl adjacent to an activating group) is 2. The number of nitrogens with one attached hydrogen (secondary N) is 2. The van der Waals surface area contributed by atoms with Gasteiger partial charge in [-0.05, 0) is 76.5 Å². The highest BCUT2D eigenvalue weighted by Crippen LogP contribution is 2.32. The maximum Gasteiger partial charge on any atom is 0.293 e. The number of benzene rings is 2. The average molecular weight is 1070 g/mol. The van der Waals surface area contributed by atoms with Gasteiger partial charge < -0.3 is 43.9 Å². The summed E-state index contributed by atoms with van der Waals surface area (Å²) in [5.74, 6) is 1.17. The molecule has 21 heteroatoms. The fraction of sp³-hybridized carbons (Fsp3) is 0.391. The summed E-state index contributed by atoms with van der Waals surface area (Å²) in [7, 11) is 7.47. The average Bonchev–Trinajstić information content (AvgIpc) is 3.30. The number of nitrogens with zero attached hydrogens (tertiary/aromatic N) is 10. The molecule has 6 aromatic rings. The van der Waals surface area contributed by atoms with Crippen LogP contribution in [0.2, 0.25) is 10.0 Å². The first-order chi connectivity index (χ1) is 32.1. The number of ketones is 2. The Labute approximate surface area is 410 Å². The van der Waals surface area contributed by atoms with E-state index in [1.54, 1.807) is 44.6 Å². The van der Waals surface area contributed by atoms with Gasteiger partial charge in [-0.25, -0.2) is 9.97 Å². The summed E-state index contributed by atoms with van der Waals surface area (Å²) in [5.41, 5.74) is 2.06. The zero-order chi connectivity index (χ0) is 47.7. The highest BCUT2D eigenvalue weighted by Gasteiger charge is 2.27. The van der Waals surface area contributed by atoms with Crippen LogP contribution >= 0.6 is 45.8 Å². The van der Waals surface area contributed by atoms with Gasteiger partial charge in [-0.15, -0.1) is 0 Å². The molecule has 352 valence electrons. The number of aryl methyl sites for hydroxylation is 2. The number of fused-ring (bicyclic) bond motifs is 2. The van der Waals surface area contributed by atoms with E-state index in [1.807, 2.05) is 24.3 Å². The van der Waals surface area contributed by atoms with Crippen molar-refractivity contribution >= 4 is 114 Å². The molecule has 0 radical (unpaired) electrons. The maximum atomic E-state index is 13.8. The predicted octanol–water partition coefficient (Wildman–Crippen LogP) is 5.62. The quantitative estimate of drug-likeness (QED) is 0.0954. The molecular weight excluding hydrogens is 1010 g/mol. The van der Waals surface area contributed by atoms with Crippen LogP contribution in [0.15, 0.2) is 64.3 Å². The Bertz CT molecular complexity index is 3010. The lowest BCUT2D eigenvalue weighted by Crippen LogP contribution is -2.52. The van der Waals surface area contributed by atoms with Gasteiger partial charge in [0.25, 0.3) is 11.1 Å². The van der Waals surface area contributed by atoms with Gasteiger partial charge in [0.2, 0.25) is 11.9 Å². The molecule has 2 N–H and O–H groups in total. The smallest absolute Gasteiger partial charge is 0.293 e. The second kappa shape index (κ2) is 20.3. The van der Waals surface area contributed by atoms with E-state index >= 15 is 0 Å². The Hall–Kier alpha value is -5.61. The number of hydrogen-bond acceptors (Lipinski definition) is 16. The second-order valence-corrected chi connectivity index (χ2v) is 18.7. The fourth-order valence-corrected chi connectivity index (χ4v) is 9.35. The first-order valence-corrected chi connectivity index (χ1v) is 24.0. The zero-order valence-corrected chi connectivity index (χ0v) is 41.6. The highest BCUT2D eigenvalue weighted by atomic mass is 127. The lowest BCUT2D eigenvalue weighted by atomic mass is 10.1. The molecule has 4 aromatic heterocycles. The van der Waals surface area contributed by atoms with Crippen LogP contribution in [0.25, 0.3) is 21.8 Å². The molecule has 8 rings (SSSR count). The van der Waals surface area contributed by atoms with Crippen LogP contribution < -0.4 is 41.0 Å². The normalized spacial score (nSPS) is 17.0. The number of carbonyl (C=O) groups excluding carboxylic acids is 2. The van der Waals surface area contributed by atoms with E-state index < -0.39 is 12.2 Å². The number of hydrogen-bond donors (Lipinski definition) is 2. The summed E-state index contributed by atoms with van der Waals surface area (Å²) in [6.07, 6.45) is 1.39. The summed E-state index contributed by atoms with van der Waals surface area (Å²) in [6, 6.07) is 14.7. The molecule has 2 aliphatic heterocycles. The third kappa shape index (κ3) is 10.6. The van der Waals surface area contributed by atoms with Crippen LogP contribution in [0.5, 0.6) is 11.5 Å². The van der Waals surface area contributed by atoms with Crippen molar-refractivity contribution in [1.29, 1.82) is 0 Å². The SMILES string of the molecule is CC(=O)COc1cc2cc(Nc3nc(N4CCN(C)C(C)C4)nc(CC(=O)COc4cc5cc(Nc6nc(N7CCN(C)C(CI)C7)ncc6Cl)ccc5n(C)c4=O)c3Cl)ccc2n(C)c1=O. The Morgan fingerprint density at radius 3 is 1.91 bits per heavy atom. The minimum atomic E-state index is -0.426. The summed E-state index contributed by atoms with van der Waals surface area (Å²) >= 11 is 16.0. The van der Waals surface area contributed by atoms with Crippen LogP contribution in [0.1, 0.15) is 19.5 Å². The van der Waals surface area contributed by atoms with Gasteiger partial charge in [0.1, 0.15) is 23.3 Å².